The summed E-state index contributed by atoms with van der Waals surface area (Å²) in [7, 11) is 0. The lowest BCUT2D eigenvalue weighted by atomic mass is 9.95. The molecule has 3 heteroatoms. The van der Waals surface area contributed by atoms with Crippen LogP contribution in [0.1, 0.15) is 24.3 Å². The lowest BCUT2D eigenvalue weighted by Gasteiger charge is -2.11. The number of para-hydroxylation sites is 1. The Balaban J connectivity index is 1.83. The zero-order valence-corrected chi connectivity index (χ0v) is 11.1. The summed E-state index contributed by atoms with van der Waals surface area (Å²) in [5.74, 6) is 0.0745. The highest BCUT2D eigenvalue weighted by Crippen LogP contribution is 2.23. The van der Waals surface area contributed by atoms with E-state index >= 15 is 0 Å². The van der Waals surface area contributed by atoms with E-state index in [1.165, 1.54) is 6.07 Å². The molecule has 0 aromatic heterocycles. The first-order chi connectivity index (χ1) is 9.81. The highest BCUT2D eigenvalue weighted by atomic mass is 19.1. The van der Waals surface area contributed by atoms with Crippen molar-refractivity contribution in [3.05, 3.63) is 66.0 Å². The molecule has 0 aliphatic carbocycles. The highest BCUT2D eigenvalue weighted by Gasteiger charge is 2.14. The lowest BCUT2D eigenvalue weighted by Crippen LogP contribution is -2.03. The summed E-state index contributed by atoms with van der Waals surface area (Å²) in [5, 5.41) is 9.16. The van der Waals surface area contributed by atoms with Crippen molar-refractivity contribution < 1.29 is 9.13 Å². The van der Waals surface area contributed by atoms with Crippen LogP contribution < -0.4 is 4.74 Å². The van der Waals surface area contributed by atoms with Crippen LogP contribution in [0.5, 0.6) is 5.75 Å². The van der Waals surface area contributed by atoms with Gasteiger partial charge in [-0.3, -0.25) is 0 Å². The van der Waals surface area contributed by atoms with Crippen LogP contribution in [0, 0.1) is 17.1 Å². The SMILES string of the molecule is N#CC(CCCOc1ccccc1)c1ccccc1F. The Kier molecular flexibility index (Phi) is 5.14. The minimum absolute atomic E-state index is 0.317. The molecule has 20 heavy (non-hydrogen) atoms. The van der Waals surface area contributed by atoms with E-state index in [-0.39, 0.29) is 5.82 Å². The summed E-state index contributed by atoms with van der Waals surface area (Å²) in [6.45, 7) is 0.524. The number of hydrogen-bond donors (Lipinski definition) is 0. The Bertz CT molecular complexity index is 577. The normalized spacial score (nSPS) is 11.6. The van der Waals surface area contributed by atoms with Gasteiger partial charge in [-0.1, -0.05) is 36.4 Å². The van der Waals surface area contributed by atoms with Gasteiger partial charge in [0.05, 0.1) is 18.6 Å². The van der Waals surface area contributed by atoms with Crippen LogP contribution in [0.25, 0.3) is 0 Å². The molecule has 0 saturated carbocycles. The first kappa shape index (κ1) is 14.1. The molecule has 102 valence electrons. The first-order valence-corrected chi connectivity index (χ1v) is 6.63. The molecule has 2 rings (SSSR count). The molecular formula is C17H16FNO. The molecule has 0 saturated heterocycles. The first-order valence-electron chi connectivity index (χ1n) is 6.63. The largest absolute Gasteiger partial charge is 0.494 e. The summed E-state index contributed by atoms with van der Waals surface area (Å²) in [5.41, 5.74) is 0.467. The number of ether oxygens (including phenoxy) is 1. The minimum Gasteiger partial charge on any atom is -0.494 e. The van der Waals surface area contributed by atoms with E-state index in [2.05, 4.69) is 6.07 Å². The van der Waals surface area contributed by atoms with Gasteiger partial charge in [-0.15, -0.1) is 0 Å². The van der Waals surface area contributed by atoms with Gasteiger partial charge in [-0.2, -0.15) is 5.26 Å². The van der Waals surface area contributed by atoms with Gasteiger partial charge in [0, 0.05) is 5.56 Å². The van der Waals surface area contributed by atoms with Gasteiger partial charge in [0.25, 0.3) is 0 Å². The zero-order valence-electron chi connectivity index (χ0n) is 11.1. The highest BCUT2D eigenvalue weighted by molar-refractivity contribution is 5.26. The Hall–Kier alpha value is -2.34. The van der Waals surface area contributed by atoms with E-state index in [9.17, 15) is 4.39 Å². The van der Waals surface area contributed by atoms with Crippen LogP contribution >= 0.6 is 0 Å². The molecule has 0 radical (unpaired) electrons. The second-order valence-electron chi connectivity index (χ2n) is 4.51. The summed E-state index contributed by atoms with van der Waals surface area (Å²) >= 11 is 0. The molecule has 2 nitrogen and oxygen atoms in total. The van der Waals surface area contributed by atoms with Gasteiger partial charge in [0.2, 0.25) is 0 Å². The van der Waals surface area contributed by atoms with E-state index < -0.39 is 5.92 Å². The molecule has 0 aliphatic rings. The number of benzene rings is 2. The summed E-state index contributed by atoms with van der Waals surface area (Å²) in [4.78, 5) is 0. The monoisotopic (exact) mass is 269 g/mol. The van der Waals surface area contributed by atoms with Crippen LogP contribution in [0.15, 0.2) is 54.6 Å². The molecule has 0 heterocycles. The van der Waals surface area contributed by atoms with Crippen LogP contribution in [0.4, 0.5) is 4.39 Å². The van der Waals surface area contributed by atoms with E-state index in [1.807, 2.05) is 30.3 Å². The lowest BCUT2D eigenvalue weighted by molar-refractivity contribution is 0.304. The summed E-state index contributed by atoms with van der Waals surface area (Å²) in [6.07, 6.45) is 1.30. The van der Waals surface area contributed by atoms with Crippen molar-refractivity contribution in [2.75, 3.05) is 6.61 Å². The maximum absolute atomic E-state index is 13.6. The van der Waals surface area contributed by atoms with Crippen LogP contribution in [0.2, 0.25) is 0 Å². The van der Waals surface area contributed by atoms with Gasteiger partial charge in [0.1, 0.15) is 11.6 Å². The van der Waals surface area contributed by atoms with Crippen molar-refractivity contribution in [1.29, 1.82) is 5.26 Å². The van der Waals surface area contributed by atoms with Crippen molar-refractivity contribution >= 4 is 0 Å². The molecule has 1 unspecified atom stereocenters. The predicted molar refractivity (Wildman–Crippen MR) is 75.9 cm³/mol. The number of halogens is 1. The molecule has 2 aromatic rings. The number of rotatable bonds is 6. The van der Waals surface area contributed by atoms with Gasteiger partial charge in [-0.05, 0) is 31.0 Å². The standard InChI is InChI=1S/C17H16FNO/c18-17-11-5-4-10-16(17)14(13-19)7-6-12-20-15-8-2-1-3-9-15/h1-5,8-11,14H,6-7,12H2. The fourth-order valence-corrected chi connectivity index (χ4v) is 2.04. The predicted octanol–water partition coefficient (Wildman–Crippen LogP) is 4.29. The molecular weight excluding hydrogens is 253 g/mol. The number of hydrogen-bond acceptors (Lipinski definition) is 2. The average molecular weight is 269 g/mol. The van der Waals surface area contributed by atoms with E-state index in [0.29, 0.717) is 25.0 Å². The molecule has 0 spiro atoms. The van der Waals surface area contributed by atoms with Gasteiger partial charge in [-0.25, -0.2) is 4.39 Å². The van der Waals surface area contributed by atoms with Crippen molar-refractivity contribution in [3.8, 4) is 11.8 Å². The minimum atomic E-state index is -0.421. The third-order valence-corrected chi connectivity index (χ3v) is 3.09. The maximum atomic E-state index is 13.6. The van der Waals surface area contributed by atoms with Gasteiger partial charge < -0.3 is 4.74 Å². The van der Waals surface area contributed by atoms with Crippen molar-refractivity contribution in [1.82, 2.24) is 0 Å². The van der Waals surface area contributed by atoms with E-state index in [0.717, 1.165) is 5.75 Å². The number of nitriles is 1. The fraction of sp³-hybridized carbons (Fsp3) is 0.235. The van der Waals surface area contributed by atoms with Crippen molar-refractivity contribution in [3.63, 3.8) is 0 Å². The Morgan fingerprint density at radius 1 is 1.05 bits per heavy atom. The second kappa shape index (κ2) is 7.30. The Morgan fingerprint density at radius 2 is 1.75 bits per heavy atom. The average Bonchev–Trinajstić information content (AvgIpc) is 2.50. The van der Waals surface area contributed by atoms with Crippen molar-refractivity contribution in [2.24, 2.45) is 0 Å². The molecule has 1 atom stereocenters. The third-order valence-electron chi connectivity index (χ3n) is 3.09. The zero-order chi connectivity index (χ0) is 14.2. The summed E-state index contributed by atoms with van der Waals surface area (Å²) in [6, 6.07) is 18.1. The third kappa shape index (κ3) is 3.83. The van der Waals surface area contributed by atoms with E-state index in [4.69, 9.17) is 10.00 Å². The van der Waals surface area contributed by atoms with E-state index in [1.54, 1.807) is 18.2 Å². The summed E-state index contributed by atoms with van der Waals surface area (Å²) < 4.78 is 19.2. The smallest absolute Gasteiger partial charge is 0.127 e. The second-order valence-corrected chi connectivity index (χ2v) is 4.51. The van der Waals surface area contributed by atoms with Gasteiger partial charge in [0.15, 0.2) is 0 Å². The van der Waals surface area contributed by atoms with Gasteiger partial charge >= 0.3 is 0 Å². The molecule has 0 aliphatic heterocycles. The molecule has 0 bridgehead atoms. The van der Waals surface area contributed by atoms with Crippen LogP contribution in [0.3, 0.4) is 0 Å². The molecule has 0 amide bonds. The number of nitrogens with zero attached hydrogens (tertiary/aromatic N) is 1. The quantitative estimate of drug-likeness (QED) is 0.733. The van der Waals surface area contributed by atoms with Crippen LogP contribution in [-0.2, 0) is 0 Å². The van der Waals surface area contributed by atoms with Crippen molar-refractivity contribution in [2.45, 2.75) is 18.8 Å². The molecule has 0 fully saturated rings. The van der Waals surface area contributed by atoms with Crippen LogP contribution in [-0.4, -0.2) is 6.61 Å². The fourth-order valence-electron chi connectivity index (χ4n) is 2.04. The maximum Gasteiger partial charge on any atom is 0.127 e. The topological polar surface area (TPSA) is 33.0 Å². The Morgan fingerprint density at radius 3 is 2.45 bits per heavy atom. The molecule has 0 N–H and O–H groups in total. The molecule has 2 aromatic carbocycles. The Labute approximate surface area is 118 Å².